The van der Waals surface area contributed by atoms with Crippen LogP contribution in [0.5, 0.6) is 0 Å². The van der Waals surface area contributed by atoms with Crippen molar-refractivity contribution in [3.05, 3.63) is 34.0 Å². The summed E-state index contributed by atoms with van der Waals surface area (Å²) in [5.74, 6) is 1.18. The van der Waals surface area contributed by atoms with Crippen LogP contribution in [-0.4, -0.2) is 19.8 Å². The fourth-order valence-corrected chi connectivity index (χ4v) is 2.01. The largest absolute Gasteiger partial charge is 0.492 e. The second kappa shape index (κ2) is 7.96. The van der Waals surface area contributed by atoms with E-state index in [-0.39, 0.29) is 0 Å². The zero-order chi connectivity index (χ0) is 12.7. The molecule has 1 aliphatic rings. The van der Waals surface area contributed by atoms with Crippen LogP contribution >= 0.6 is 27.5 Å². The fraction of sp³-hybridized carbons (Fsp3) is 0.538. The van der Waals surface area contributed by atoms with Gasteiger partial charge in [-0.3, -0.25) is 0 Å². The van der Waals surface area contributed by atoms with E-state index in [2.05, 4.69) is 22.5 Å². The molecule has 0 spiro atoms. The number of hydrogen-bond donors (Lipinski definition) is 0. The van der Waals surface area contributed by atoms with Gasteiger partial charge in [-0.2, -0.15) is 0 Å². The van der Waals surface area contributed by atoms with Crippen molar-refractivity contribution >= 4 is 27.5 Å². The zero-order valence-electron chi connectivity index (χ0n) is 10.0. The van der Waals surface area contributed by atoms with E-state index in [0.29, 0.717) is 23.3 Å². The highest BCUT2D eigenvalue weighted by atomic mass is 79.9. The molecular formula is C13H18BrClO2. The Kier molecular flexibility index (Phi) is 6.93. The molecule has 0 unspecified atom stereocenters. The molecule has 0 N–H and O–H groups in total. The van der Waals surface area contributed by atoms with Crippen molar-refractivity contribution in [3.8, 4) is 0 Å². The molecule has 0 aromatic carbocycles. The molecule has 2 nitrogen and oxygen atoms in total. The first kappa shape index (κ1) is 14.8. The molecule has 1 saturated heterocycles. The molecule has 1 fully saturated rings. The molecular weight excluding hydrogens is 303 g/mol. The van der Waals surface area contributed by atoms with Crippen LogP contribution < -0.4 is 0 Å². The van der Waals surface area contributed by atoms with E-state index in [1.54, 1.807) is 6.08 Å². The molecule has 0 aliphatic carbocycles. The Bertz CT molecular complexity index is 317. The third-order valence-electron chi connectivity index (χ3n) is 2.68. The summed E-state index contributed by atoms with van der Waals surface area (Å²) in [5.41, 5.74) is 0. The average Bonchev–Trinajstić information content (AvgIpc) is 2.39. The summed E-state index contributed by atoms with van der Waals surface area (Å²) in [7, 11) is 0. The molecule has 0 radical (unpaired) electrons. The molecule has 4 heteroatoms. The van der Waals surface area contributed by atoms with Crippen LogP contribution in [0.3, 0.4) is 0 Å². The standard InChI is InChI=1S/C13H18BrClO2/c1-3-11(14)13(15)12(4-2)17-9-10-5-7-16-8-6-10/h3-4,10H,2,5-9H2,1H3/b11-3-,13-12-. The number of hydrogen-bond acceptors (Lipinski definition) is 2. The molecule has 0 atom stereocenters. The maximum Gasteiger partial charge on any atom is 0.138 e. The van der Waals surface area contributed by atoms with Crippen molar-refractivity contribution < 1.29 is 9.47 Å². The van der Waals surface area contributed by atoms with Crippen LogP contribution in [0.25, 0.3) is 0 Å². The van der Waals surface area contributed by atoms with Crippen molar-refractivity contribution in [2.75, 3.05) is 19.8 Å². The van der Waals surface area contributed by atoms with E-state index < -0.39 is 0 Å². The predicted octanol–water partition coefficient (Wildman–Crippen LogP) is 4.36. The van der Waals surface area contributed by atoms with E-state index in [1.807, 2.05) is 13.0 Å². The van der Waals surface area contributed by atoms with E-state index in [0.717, 1.165) is 30.5 Å². The number of allylic oxidation sites excluding steroid dienone is 4. The summed E-state index contributed by atoms with van der Waals surface area (Å²) >= 11 is 9.53. The molecule has 0 amide bonds. The van der Waals surface area contributed by atoms with Gasteiger partial charge in [0, 0.05) is 17.7 Å². The average molecular weight is 322 g/mol. The Morgan fingerprint density at radius 1 is 1.53 bits per heavy atom. The van der Waals surface area contributed by atoms with Crippen LogP contribution in [0.15, 0.2) is 34.0 Å². The number of halogens is 2. The maximum atomic E-state index is 6.16. The molecule has 0 aromatic heterocycles. The highest BCUT2D eigenvalue weighted by Gasteiger charge is 2.15. The normalized spacial score (nSPS) is 19.8. The van der Waals surface area contributed by atoms with Gasteiger partial charge in [0.05, 0.1) is 11.6 Å². The van der Waals surface area contributed by atoms with Gasteiger partial charge in [-0.05, 0) is 47.7 Å². The topological polar surface area (TPSA) is 18.5 Å². The zero-order valence-corrected chi connectivity index (χ0v) is 12.4. The number of ether oxygens (including phenoxy) is 2. The molecule has 0 aromatic rings. The van der Waals surface area contributed by atoms with Gasteiger partial charge in [0.25, 0.3) is 0 Å². The molecule has 1 heterocycles. The summed E-state index contributed by atoms with van der Waals surface area (Å²) in [6.07, 6.45) is 5.62. The Morgan fingerprint density at radius 2 is 2.18 bits per heavy atom. The molecule has 0 bridgehead atoms. The highest BCUT2D eigenvalue weighted by molar-refractivity contribution is 9.12. The van der Waals surface area contributed by atoms with Crippen molar-refractivity contribution in [1.29, 1.82) is 0 Å². The van der Waals surface area contributed by atoms with Crippen molar-refractivity contribution in [3.63, 3.8) is 0 Å². The van der Waals surface area contributed by atoms with Crippen LogP contribution in [0, 0.1) is 5.92 Å². The number of rotatable bonds is 5. The first-order valence-electron chi connectivity index (χ1n) is 5.74. The summed E-state index contributed by atoms with van der Waals surface area (Å²) in [5, 5.41) is 0.564. The monoisotopic (exact) mass is 320 g/mol. The first-order chi connectivity index (χ1) is 8.19. The summed E-state index contributed by atoms with van der Waals surface area (Å²) in [6.45, 7) is 7.96. The fourth-order valence-electron chi connectivity index (χ4n) is 1.58. The summed E-state index contributed by atoms with van der Waals surface area (Å²) < 4.78 is 11.8. The lowest BCUT2D eigenvalue weighted by Gasteiger charge is -2.22. The van der Waals surface area contributed by atoms with Gasteiger partial charge in [-0.25, -0.2) is 0 Å². The third-order valence-corrected chi connectivity index (χ3v) is 4.15. The molecule has 1 rings (SSSR count). The molecule has 96 valence electrons. The Morgan fingerprint density at radius 3 is 2.71 bits per heavy atom. The summed E-state index contributed by atoms with van der Waals surface area (Å²) in [4.78, 5) is 0. The lowest BCUT2D eigenvalue weighted by Crippen LogP contribution is -2.20. The lowest BCUT2D eigenvalue weighted by atomic mass is 10.0. The van der Waals surface area contributed by atoms with E-state index in [9.17, 15) is 0 Å². The minimum Gasteiger partial charge on any atom is -0.492 e. The summed E-state index contributed by atoms with van der Waals surface area (Å²) in [6, 6.07) is 0. The maximum absolute atomic E-state index is 6.16. The smallest absolute Gasteiger partial charge is 0.138 e. The lowest BCUT2D eigenvalue weighted by molar-refractivity contribution is 0.0387. The van der Waals surface area contributed by atoms with Crippen molar-refractivity contribution in [2.45, 2.75) is 19.8 Å². The molecule has 1 aliphatic heterocycles. The predicted molar refractivity (Wildman–Crippen MR) is 75.3 cm³/mol. The van der Waals surface area contributed by atoms with Gasteiger partial charge in [-0.15, -0.1) is 0 Å². The van der Waals surface area contributed by atoms with Crippen LogP contribution in [0.2, 0.25) is 0 Å². The molecule has 0 saturated carbocycles. The highest BCUT2D eigenvalue weighted by Crippen LogP contribution is 2.26. The van der Waals surface area contributed by atoms with Gasteiger partial charge in [0.2, 0.25) is 0 Å². The first-order valence-corrected chi connectivity index (χ1v) is 6.91. The van der Waals surface area contributed by atoms with Crippen molar-refractivity contribution in [2.24, 2.45) is 5.92 Å². The van der Waals surface area contributed by atoms with Gasteiger partial charge >= 0.3 is 0 Å². The van der Waals surface area contributed by atoms with E-state index in [1.165, 1.54) is 0 Å². The van der Waals surface area contributed by atoms with Gasteiger partial charge < -0.3 is 9.47 Å². The minimum atomic E-state index is 0.549. The Labute approximate surface area is 116 Å². The van der Waals surface area contributed by atoms with Gasteiger partial charge in [0.15, 0.2) is 0 Å². The van der Waals surface area contributed by atoms with Crippen LogP contribution in [0.1, 0.15) is 19.8 Å². The van der Waals surface area contributed by atoms with E-state index >= 15 is 0 Å². The van der Waals surface area contributed by atoms with Crippen molar-refractivity contribution in [1.82, 2.24) is 0 Å². The third kappa shape index (κ3) is 4.86. The Balaban J connectivity index is 2.54. The Hall–Kier alpha value is -0.250. The molecule has 17 heavy (non-hydrogen) atoms. The quantitative estimate of drug-likeness (QED) is 0.553. The second-order valence-electron chi connectivity index (χ2n) is 3.89. The second-order valence-corrected chi connectivity index (χ2v) is 5.12. The van der Waals surface area contributed by atoms with Crippen LogP contribution in [-0.2, 0) is 9.47 Å². The van der Waals surface area contributed by atoms with Crippen LogP contribution in [0.4, 0.5) is 0 Å². The van der Waals surface area contributed by atoms with Gasteiger partial charge in [-0.1, -0.05) is 24.3 Å². The SMILES string of the molecule is C=C/C(OCC1CCOCC1)=C(Cl)\C(Br)=C\C. The van der Waals surface area contributed by atoms with Gasteiger partial charge in [0.1, 0.15) is 5.76 Å². The minimum absolute atomic E-state index is 0.549. The van der Waals surface area contributed by atoms with E-state index in [4.69, 9.17) is 21.1 Å².